The second kappa shape index (κ2) is 8.38. The monoisotopic (exact) mass is 357 g/mol. The van der Waals surface area contributed by atoms with E-state index >= 15 is 0 Å². The maximum atomic E-state index is 12.5. The van der Waals surface area contributed by atoms with E-state index in [1.807, 2.05) is 19.1 Å². The third kappa shape index (κ3) is 4.53. The van der Waals surface area contributed by atoms with Gasteiger partial charge in [0, 0.05) is 5.56 Å². The highest BCUT2D eigenvalue weighted by atomic mass is 16.5. The van der Waals surface area contributed by atoms with E-state index in [0.717, 1.165) is 5.56 Å². The molecule has 1 unspecified atom stereocenters. The molecule has 6 heteroatoms. The fraction of sp³-hybridized carbons (Fsp3) is 0.300. The summed E-state index contributed by atoms with van der Waals surface area (Å²) < 4.78 is 16.2. The smallest absolute Gasteiger partial charge is 0.265 e. The Bertz CT molecular complexity index is 816. The molecule has 2 aromatic carbocycles. The number of hydrogen-bond acceptors (Lipinski definition) is 5. The second-order valence-electron chi connectivity index (χ2n) is 5.87. The van der Waals surface area contributed by atoms with Crippen LogP contribution in [-0.2, 0) is 4.79 Å². The molecule has 0 heterocycles. The first-order valence-corrected chi connectivity index (χ1v) is 8.16. The molecule has 138 valence electrons. The molecule has 26 heavy (non-hydrogen) atoms. The summed E-state index contributed by atoms with van der Waals surface area (Å²) in [7, 11) is 3.02. The highest BCUT2D eigenvalue weighted by Crippen LogP contribution is 2.30. The van der Waals surface area contributed by atoms with Gasteiger partial charge in [0.25, 0.3) is 5.91 Å². The molecule has 1 atom stereocenters. The number of anilines is 1. The fourth-order valence-corrected chi connectivity index (χ4v) is 2.38. The topological polar surface area (TPSA) is 73.9 Å². The molecule has 0 saturated carbocycles. The van der Waals surface area contributed by atoms with Crippen LogP contribution in [0.1, 0.15) is 29.8 Å². The lowest BCUT2D eigenvalue weighted by Crippen LogP contribution is -2.30. The van der Waals surface area contributed by atoms with Crippen molar-refractivity contribution in [2.24, 2.45) is 0 Å². The minimum absolute atomic E-state index is 0.0767. The van der Waals surface area contributed by atoms with Crippen molar-refractivity contribution in [3.05, 3.63) is 47.5 Å². The van der Waals surface area contributed by atoms with Gasteiger partial charge in [0.05, 0.1) is 19.9 Å². The van der Waals surface area contributed by atoms with Crippen molar-refractivity contribution in [3.8, 4) is 17.2 Å². The minimum atomic E-state index is -0.780. The summed E-state index contributed by atoms with van der Waals surface area (Å²) in [4.78, 5) is 24.0. The Morgan fingerprint density at radius 1 is 0.962 bits per heavy atom. The molecule has 0 aromatic heterocycles. The van der Waals surface area contributed by atoms with Crippen LogP contribution < -0.4 is 19.5 Å². The van der Waals surface area contributed by atoms with E-state index in [9.17, 15) is 9.59 Å². The van der Waals surface area contributed by atoms with Crippen molar-refractivity contribution in [1.82, 2.24) is 0 Å². The van der Waals surface area contributed by atoms with Crippen LogP contribution in [0.5, 0.6) is 17.2 Å². The van der Waals surface area contributed by atoms with E-state index in [2.05, 4.69) is 5.32 Å². The van der Waals surface area contributed by atoms with Crippen molar-refractivity contribution in [1.29, 1.82) is 0 Å². The maximum absolute atomic E-state index is 12.5. The molecular weight excluding hydrogens is 334 g/mol. The lowest BCUT2D eigenvalue weighted by molar-refractivity contribution is -0.122. The summed E-state index contributed by atoms with van der Waals surface area (Å²) in [6.07, 6.45) is -0.780. The predicted molar refractivity (Wildman–Crippen MR) is 99.4 cm³/mol. The van der Waals surface area contributed by atoms with Gasteiger partial charge in [-0.3, -0.25) is 9.59 Å². The molecule has 6 nitrogen and oxygen atoms in total. The maximum Gasteiger partial charge on any atom is 0.265 e. The number of carbonyl (C=O) groups is 2. The zero-order valence-corrected chi connectivity index (χ0v) is 15.6. The summed E-state index contributed by atoms with van der Waals surface area (Å²) in [6.45, 7) is 5.03. The van der Waals surface area contributed by atoms with Crippen LogP contribution in [0.4, 0.5) is 5.69 Å². The minimum Gasteiger partial charge on any atom is -0.495 e. The first kappa shape index (κ1) is 19.3. The van der Waals surface area contributed by atoms with Gasteiger partial charge < -0.3 is 19.5 Å². The molecule has 0 spiro atoms. The Balaban J connectivity index is 2.15. The van der Waals surface area contributed by atoms with Crippen LogP contribution in [0, 0.1) is 6.92 Å². The van der Waals surface area contributed by atoms with Crippen molar-refractivity contribution in [2.45, 2.75) is 26.9 Å². The highest BCUT2D eigenvalue weighted by molar-refractivity contribution is 5.96. The number of methoxy groups -OCH3 is 2. The molecule has 1 amide bonds. The molecule has 0 saturated heterocycles. The van der Waals surface area contributed by atoms with Gasteiger partial charge in [-0.2, -0.15) is 0 Å². The van der Waals surface area contributed by atoms with Gasteiger partial charge in [-0.15, -0.1) is 0 Å². The highest BCUT2D eigenvalue weighted by Gasteiger charge is 2.19. The summed E-state index contributed by atoms with van der Waals surface area (Å²) in [5.74, 6) is 0.945. The van der Waals surface area contributed by atoms with Crippen LogP contribution in [0.15, 0.2) is 36.4 Å². The summed E-state index contributed by atoms with van der Waals surface area (Å²) >= 11 is 0. The number of aryl methyl sites for hydroxylation is 1. The molecule has 0 radical (unpaired) electrons. The molecular formula is C20H23NO5. The van der Waals surface area contributed by atoms with Crippen molar-refractivity contribution in [3.63, 3.8) is 0 Å². The molecule has 0 aliphatic rings. The Labute approximate surface area is 153 Å². The van der Waals surface area contributed by atoms with Crippen molar-refractivity contribution >= 4 is 17.4 Å². The van der Waals surface area contributed by atoms with E-state index < -0.39 is 6.10 Å². The van der Waals surface area contributed by atoms with Crippen LogP contribution in [0.3, 0.4) is 0 Å². The third-order valence-electron chi connectivity index (χ3n) is 3.86. The predicted octanol–water partition coefficient (Wildman–Crippen LogP) is 3.62. The van der Waals surface area contributed by atoms with Crippen molar-refractivity contribution < 1.29 is 23.8 Å². The number of hydrogen-bond donors (Lipinski definition) is 1. The molecule has 1 N–H and O–H groups in total. The number of Topliss-reactive ketones (excluding diaryl/α,β-unsaturated/α-hetero) is 1. The summed E-state index contributed by atoms with van der Waals surface area (Å²) in [6, 6.07) is 10.4. The van der Waals surface area contributed by atoms with Gasteiger partial charge in [0.1, 0.15) is 5.75 Å². The van der Waals surface area contributed by atoms with Gasteiger partial charge in [0.15, 0.2) is 23.4 Å². The summed E-state index contributed by atoms with van der Waals surface area (Å²) in [5.41, 5.74) is 2.08. The first-order valence-electron chi connectivity index (χ1n) is 8.16. The van der Waals surface area contributed by atoms with Crippen LogP contribution in [0.2, 0.25) is 0 Å². The van der Waals surface area contributed by atoms with Gasteiger partial charge >= 0.3 is 0 Å². The van der Waals surface area contributed by atoms with E-state index in [1.54, 1.807) is 38.3 Å². The van der Waals surface area contributed by atoms with Gasteiger partial charge in [0.2, 0.25) is 0 Å². The number of ether oxygens (including phenoxy) is 3. The van der Waals surface area contributed by atoms with E-state index in [0.29, 0.717) is 28.5 Å². The standard InChI is InChI=1S/C20H23NO5/c1-12-6-8-17(24-4)16(10-12)21-20(23)14(3)26-18-9-7-15(13(2)22)11-19(18)25-5/h6-11,14H,1-5H3,(H,21,23). The number of nitrogens with one attached hydrogen (secondary N) is 1. The lowest BCUT2D eigenvalue weighted by Gasteiger charge is -2.18. The summed E-state index contributed by atoms with van der Waals surface area (Å²) in [5, 5.41) is 2.81. The van der Waals surface area contributed by atoms with Gasteiger partial charge in [-0.1, -0.05) is 6.07 Å². The average molecular weight is 357 g/mol. The van der Waals surface area contributed by atoms with Gasteiger partial charge in [-0.05, 0) is 56.7 Å². The van der Waals surface area contributed by atoms with Crippen LogP contribution >= 0.6 is 0 Å². The molecule has 0 aliphatic heterocycles. The fourth-order valence-electron chi connectivity index (χ4n) is 2.38. The molecule has 0 bridgehead atoms. The molecule has 2 aromatic rings. The van der Waals surface area contributed by atoms with Crippen LogP contribution in [-0.4, -0.2) is 32.0 Å². The lowest BCUT2D eigenvalue weighted by atomic mass is 10.1. The second-order valence-corrected chi connectivity index (χ2v) is 5.87. The number of ketones is 1. The largest absolute Gasteiger partial charge is 0.495 e. The Hall–Kier alpha value is -3.02. The van der Waals surface area contributed by atoms with Crippen molar-refractivity contribution in [2.75, 3.05) is 19.5 Å². The zero-order chi connectivity index (χ0) is 19.3. The average Bonchev–Trinajstić information content (AvgIpc) is 2.61. The number of carbonyl (C=O) groups excluding carboxylic acids is 2. The number of rotatable bonds is 7. The van der Waals surface area contributed by atoms with E-state index in [-0.39, 0.29) is 11.7 Å². The van der Waals surface area contributed by atoms with E-state index in [1.165, 1.54) is 14.0 Å². The molecule has 2 rings (SSSR count). The molecule has 0 fully saturated rings. The third-order valence-corrected chi connectivity index (χ3v) is 3.86. The SMILES string of the molecule is COc1ccc(C)cc1NC(=O)C(C)Oc1ccc(C(C)=O)cc1OC. The van der Waals surface area contributed by atoms with Gasteiger partial charge in [-0.25, -0.2) is 0 Å². The molecule has 0 aliphatic carbocycles. The quantitative estimate of drug-likeness (QED) is 0.766. The number of amides is 1. The Kier molecular flexibility index (Phi) is 6.22. The Morgan fingerprint density at radius 2 is 1.62 bits per heavy atom. The van der Waals surface area contributed by atoms with Crippen LogP contribution in [0.25, 0.3) is 0 Å². The number of benzene rings is 2. The zero-order valence-electron chi connectivity index (χ0n) is 15.6. The first-order chi connectivity index (χ1) is 12.3. The van der Waals surface area contributed by atoms with E-state index in [4.69, 9.17) is 14.2 Å². The Morgan fingerprint density at radius 3 is 2.23 bits per heavy atom. The normalized spacial score (nSPS) is 11.4.